The average molecular weight is 1610 g/mol. The summed E-state index contributed by atoms with van der Waals surface area (Å²) in [4.78, 5) is 133. The maximum atomic E-state index is 13.6. The van der Waals surface area contributed by atoms with Gasteiger partial charge in [0.15, 0.2) is 46.2 Å². The molecule has 5 aromatic carbocycles. The van der Waals surface area contributed by atoms with Crippen LogP contribution in [0.2, 0.25) is 0 Å². The minimum absolute atomic E-state index is 0. The Morgan fingerprint density at radius 1 is 0.330 bits per heavy atom. The zero-order valence-electron chi connectivity index (χ0n) is 65.3. The molecule has 24 nitrogen and oxygen atoms in total. The van der Waals surface area contributed by atoms with Crippen LogP contribution in [0.1, 0.15) is 160 Å². The number of ether oxygens (including phenoxy) is 4. The molecule has 8 aliphatic rings. The zero-order valence-corrected chi connectivity index (χ0v) is 68.9. The van der Waals surface area contributed by atoms with Crippen LogP contribution in [-0.2, 0) is 88.3 Å². The number of rotatable bonds is 15. The van der Waals surface area contributed by atoms with Crippen LogP contribution >= 0.6 is 30.4 Å². The lowest BCUT2D eigenvalue weighted by molar-refractivity contribution is -0.122. The molecule has 28 heteroatoms. The maximum Gasteiger partial charge on any atom is 0.376 e. The van der Waals surface area contributed by atoms with Crippen molar-refractivity contribution in [2.45, 2.75) is 119 Å². The van der Waals surface area contributed by atoms with Crippen LogP contribution in [0.15, 0.2) is 197 Å². The molecule has 0 spiro atoms. The molecule has 0 amide bonds. The Morgan fingerprint density at radius 2 is 0.554 bits per heavy atom. The molecule has 0 fully saturated rings. The summed E-state index contributed by atoms with van der Waals surface area (Å²) in [5.74, 6) is -1.14. The standard InChI is InChI=1S/C26H27O6P.3C19H21O6P.CH4/c1-25(2)21(27)13-14-26(3)20-15-18(30-4)11-12-19(20)22(28)23(24(25)26)32-33(5,29)31-16-17-9-7-6-8-10-17;3*1-18(2)14(20)8-9-19(3)13-10-11(24-4)6-7-12(13)15(21)16(17(18)19)25-26(5,22)23;/h6-15H,16H2,1-5H3;3*6-10H,1-5H3,(H,22,23);1H4/t26-,33?;2*19-;;/m010../s1. The molecule has 0 saturated carbocycles. The second kappa shape index (κ2) is 30.1. The predicted molar refractivity (Wildman–Crippen MR) is 422 cm³/mol. The third-order valence-corrected chi connectivity index (χ3v) is 24.2. The molecule has 8 atom stereocenters. The van der Waals surface area contributed by atoms with Gasteiger partial charge in [0.2, 0.25) is 23.1 Å². The molecule has 3 N–H and O–H groups in total. The van der Waals surface area contributed by atoms with Crippen molar-refractivity contribution in [3.8, 4) is 23.0 Å². The number of carbonyl (C=O) groups excluding carboxylic acids is 8. The average Bonchev–Trinajstić information content (AvgIpc) is 0.722. The molecular weight excluding hydrogens is 1520 g/mol. The third kappa shape index (κ3) is 15.6. The first-order valence-electron chi connectivity index (χ1n) is 35.1. The van der Waals surface area contributed by atoms with E-state index < -0.39 is 96.8 Å². The Balaban J connectivity index is 0.000000172. The molecule has 0 radical (unpaired) electrons. The molecule has 112 heavy (non-hydrogen) atoms. The van der Waals surface area contributed by atoms with Gasteiger partial charge >= 0.3 is 30.4 Å². The van der Waals surface area contributed by atoms with Crippen molar-refractivity contribution in [2.75, 3.05) is 55.1 Å². The van der Waals surface area contributed by atoms with Gasteiger partial charge in [-0.15, -0.1) is 0 Å². The number of allylic oxidation sites excluding steroid dienone is 16. The monoisotopic (exact) mass is 1610 g/mol. The molecule has 5 aromatic rings. The minimum atomic E-state index is -4.01. The maximum absolute atomic E-state index is 13.6. The number of fused-ring (bicyclic) bond motifs is 12. The number of ketones is 8. The third-order valence-electron chi connectivity index (χ3n) is 21.5. The van der Waals surface area contributed by atoms with Crippen LogP contribution in [0.4, 0.5) is 0 Å². The van der Waals surface area contributed by atoms with Crippen molar-refractivity contribution in [1.82, 2.24) is 0 Å². The van der Waals surface area contributed by atoms with Crippen molar-refractivity contribution in [2.24, 2.45) is 21.7 Å². The molecule has 0 heterocycles. The van der Waals surface area contributed by atoms with Gasteiger partial charge in [-0.25, -0.2) is 18.3 Å². The van der Waals surface area contributed by atoms with Gasteiger partial charge in [0.25, 0.3) is 0 Å². The summed E-state index contributed by atoms with van der Waals surface area (Å²) in [6.07, 6.45) is 12.9. The first-order chi connectivity index (χ1) is 51.2. The SMILES string of the molecule is C.COc1ccc2c(c1)C1(C)C=CC(=O)C(C)(C)C1=C(OP(C)(=O)O)C2=O.COc1ccc2c(c1)[C@@]1(C)C=CC(=O)C(C)(C)C1=C(OP(C)(=O)O)C2=O.COc1ccc2c(c1)[C@]1(C)C=CC(=O)C(C)(C)C1=C(OP(C)(=O)O)C2=O.COc1ccc2c(c1)[C@]1(C)C=CC(=O)C(C)(C)C1=C(OP(C)(=O)OCc1ccccc1)C2=O. The smallest absolute Gasteiger partial charge is 0.376 e. The van der Waals surface area contributed by atoms with Gasteiger partial charge in [-0.2, -0.15) is 0 Å². The van der Waals surface area contributed by atoms with Crippen LogP contribution in [0.25, 0.3) is 0 Å². The van der Waals surface area contributed by atoms with Gasteiger partial charge in [-0.3, -0.25) is 42.9 Å². The Morgan fingerprint density at radius 3 is 0.768 bits per heavy atom. The van der Waals surface area contributed by atoms with E-state index >= 15 is 0 Å². The van der Waals surface area contributed by atoms with Crippen LogP contribution < -0.4 is 18.9 Å². The molecule has 0 aromatic heterocycles. The van der Waals surface area contributed by atoms with E-state index in [1.807, 2.05) is 58.0 Å². The summed E-state index contributed by atoms with van der Waals surface area (Å²) in [6, 6.07) is 29.5. The summed E-state index contributed by atoms with van der Waals surface area (Å²) in [5, 5.41) is 0. The molecule has 5 unspecified atom stereocenters. The van der Waals surface area contributed by atoms with Gasteiger partial charge in [0.05, 0.1) is 56.7 Å². The van der Waals surface area contributed by atoms with Crippen LogP contribution in [0, 0.1) is 21.7 Å². The minimum Gasteiger partial charge on any atom is -0.497 e. The van der Waals surface area contributed by atoms with Crippen molar-refractivity contribution < 1.29 is 113 Å². The highest BCUT2D eigenvalue weighted by molar-refractivity contribution is 7.53. The largest absolute Gasteiger partial charge is 0.497 e. The fourth-order valence-corrected chi connectivity index (χ4v) is 18.6. The normalized spacial score (nSPS) is 24.9. The number of hydrogen-bond acceptors (Lipinski definition) is 21. The number of hydrogen-bond donors (Lipinski definition) is 3. The van der Waals surface area contributed by atoms with Crippen molar-refractivity contribution in [1.29, 1.82) is 0 Å². The van der Waals surface area contributed by atoms with Gasteiger partial charge in [-0.05, 0) is 208 Å². The van der Waals surface area contributed by atoms with E-state index in [4.69, 9.17) is 41.6 Å². The van der Waals surface area contributed by atoms with E-state index in [-0.39, 0.29) is 60.2 Å². The number of carbonyl (C=O) groups is 8. The Hall–Kier alpha value is -9.46. The summed E-state index contributed by atoms with van der Waals surface area (Å²) in [7, 11) is -9.57. The zero-order chi connectivity index (χ0) is 82.5. The second-order valence-electron chi connectivity index (χ2n) is 31.2. The Labute approximate surface area is 651 Å². The van der Waals surface area contributed by atoms with E-state index in [2.05, 4.69) is 0 Å². The molecule has 8 aliphatic carbocycles. The summed E-state index contributed by atoms with van der Waals surface area (Å²) < 4.78 is 97.6. The molecule has 0 saturated heterocycles. The first-order valence-corrected chi connectivity index (χ1v) is 43.1. The van der Waals surface area contributed by atoms with Gasteiger partial charge in [0.1, 0.15) is 23.0 Å². The highest BCUT2D eigenvalue weighted by Crippen LogP contribution is 2.62. The number of Topliss-reactive ketones (excluding diaryl/α,β-unsaturated/α-hetero) is 4. The van der Waals surface area contributed by atoms with Crippen LogP contribution in [-0.4, -0.2) is 116 Å². The lowest BCUT2D eigenvalue weighted by Crippen LogP contribution is -2.45. The summed E-state index contributed by atoms with van der Waals surface area (Å²) >= 11 is 0. The number of methoxy groups -OCH3 is 4. The molecule has 13 rings (SSSR count). The first kappa shape index (κ1) is 86.5. The quantitative estimate of drug-likeness (QED) is 0.0820. The lowest BCUT2D eigenvalue weighted by atomic mass is 9.57. The van der Waals surface area contributed by atoms with E-state index in [1.54, 1.807) is 160 Å². The highest BCUT2D eigenvalue weighted by Gasteiger charge is 2.58. The van der Waals surface area contributed by atoms with Crippen LogP contribution in [0.3, 0.4) is 0 Å². The van der Waals surface area contributed by atoms with Gasteiger partial charge in [-0.1, -0.05) is 62.1 Å². The van der Waals surface area contributed by atoms with Crippen molar-refractivity contribution in [3.05, 3.63) is 247 Å². The lowest BCUT2D eigenvalue weighted by Gasteiger charge is -2.45. The Kier molecular flexibility index (Phi) is 23.3. The summed E-state index contributed by atoms with van der Waals surface area (Å²) in [6.45, 7) is 25.6. The Bertz CT molecular complexity index is 4980. The topological polar surface area (TPSA) is 349 Å². The molecule has 0 aliphatic heterocycles. The summed E-state index contributed by atoms with van der Waals surface area (Å²) in [5.41, 5.74) is -0.944. The van der Waals surface area contributed by atoms with E-state index in [0.29, 0.717) is 89.8 Å². The van der Waals surface area contributed by atoms with E-state index in [9.17, 15) is 71.3 Å². The fourth-order valence-electron chi connectivity index (χ4n) is 16.1. The van der Waals surface area contributed by atoms with Gasteiger partial charge in [0, 0.05) is 92.9 Å². The van der Waals surface area contributed by atoms with Crippen molar-refractivity contribution >= 4 is 76.6 Å². The number of benzene rings is 5. The second-order valence-corrected chi connectivity index (χ2v) is 38.5. The molecular formula is C84H94O24P4. The van der Waals surface area contributed by atoms with E-state index in [0.717, 1.165) is 25.6 Å². The van der Waals surface area contributed by atoms with Crippen molar-refractivity contribution in [3.63, 3.8) is 0 Å². The molecule has 0 bridgehead atoms. The highest BCUT2D eigenvalue weighted by atomic mass is 31.2. The fraction of sp³-hybridized carbons (Fsp3) is 0.357. The van der Waals surface area contributed by atoms with E-state index in [1.165, 1.54) is 52.3 Å². The van der Waals surface area contributed by atoms with Gasteiger partial charge < -0.3 is 51.7 Å². The van der Waals surface area contributed by atoms with Crippen LogP contribution in [0.5, 0.6) is 23.0 Å². The predicted octanol–water partition coefficient (Wildman–Crippen LogP) is 16.5. The molecule has 594 valence electrons.